The van der Waals surface area contributed by atoms with Crippen LogP contribution in [0.5, 0.6) is 0 Å². The van der Waals surface area contributed by atoms with Crippen molar-refractivity contribution in [3.8, 4) is 6.07 Å². The number of nitrogens with zero attached hydrogens (tertiary/aromatic N) is 4. The second-order valence-electron chi connectivity index (χ2n) is 13.9. The Bertz CT molecular complexity index is 1490. The van der Waals surface area contributed by atoms with E-state index in [1.165, 1.54) is 25.0 Å². The molecule has 1 N–H and O–H groups in total. The maximum absolute atomic E-state index is 14.8. The first-order valence-corrected chi connectivity index (χ1v) is 16.9. The number of hydrogen-bond donors (Lipinski definition) is 1. The number of rotatable bonds is 11. The van der Waals surface area contributed by atoms with Crippen LogP contribution in [-0.2, 0) is 19.7 Å². The second kappa shape index (κ2) is 14.8. The van der Waals surface area contributed by atoms with Crippen LogP contribution in [0.4, 0.5) is 10.1 Å². The highest BCUT2D eigenvalue weighted by atomic mass is 19.1. The van der Waals surface area contributed by atoms with E-state index in [9.17, 15) is 24.0 Å². The predicted molar refractivity (Wildman–Crippen MR) is 178 cm³/mol. The van der Waals surface area contributed by atoms with E-state index in [0.717, 1.165) is 76.1 Å². The van der Waals surface area contributed by atoms with Crippen molar-refractivity contribution in [1.82, 2.24) is 15.1 Å². The Kier molecular flexibility index (Phi) is 10.9. The Hall–Kier alpha value is -3.97. The van der Waals surface area contributed by atoms with Crippen molar-refractivity contribution in [1.29, 1.82) is 5.26 Å². The minimum absolute atomic E-state index is 0.106. The zero-order valence-electron chi connectivity index (χ0n) is 28.1. The van der Waals surface area contributed by atoms with Gasteiger partial charge in [-0.1, -0.05) is 18.6 Å². The molecule has 47 heavy (non-hydrogen) atoms. The summed E-state index contributed by atoms with van der Waals surface area (Å²) in [5.74, 6) is 0.121. The number of benzene rings is 2. The van der Waals surface area contributed by atoms with E-state index < -0.39 is 5.41 Å². The maximum Gasteiger partial charge on any atom is 0.305 e. The van der Waals surface area contributed by atoms with Gasteiger partial charge in [0, 0.05) is 70.6 Å². The van der Waals surface area contributed by atoms with Crippen molar-refractivity contribution < 1.29 is 23.5 Å². The van der Waals surface area contributed by atoms with Crippen LogP contribution in [0.25, 0.3) is 0 Å². The molecule has 5 rings (SSSR count). The Balaban J connectivity index is 1.29. The van der Waals surface area contributed by atoms with Gasteiger partial charge in [0.25, 0.3) is 5.91 Å². The standard InChI is InChI=1S/C37H48FN5O4/c1-25(44)40-24-37(30-8-6-9-31(38)18-30,34-10-5-7-27(34)17-35(45)47-4)29-13-15-42(16-14-29)21-26-22-43(23-26)32-12-11-28(20-39)33(19-32)36(46)41(2)3/h6,8-9,11-12,18-19,26-27,29,34H,5,7,10,13-17,21-24H2,1-4H3,(H,40,44)/t27-,34+,37+/m1/s1. The summed E-state index contributed by atoms with van der Waals surface area (Å²) in [7, 11) is 4.80. The number of carbonyl (C=O) groups is 3. The molecule has 2 saturated heterocycles. The van der Waals surface area contributed by atoms with Crippen LogP contribution < -0.4 is 10.2 Å². The van der Waals surface area contributed by atoms with Crippen LogP contribution in [0.3, 0.4) is 0 Å². The van der Waals surface area contributed by atoms with Crippen LogP contribution in [0.1, 0.15) is 66.9 Å². The van der Waals surface area contributed by atoms with Crippen LogP contribution >= 0.6 is 0 Å². The first-order valence-electron chi connectivity index (χ1n) is 16.9. The van der Waals surface area contributed by atoms with E-state index in [0.29, 0.717) is 30.0 Å². The SMILES string of the molecule is COC(=O)C[C@H]1CCC[C@@H]1[C@](CNC(C)=O)(c1cccc(F)c1)C1CCN(CC2CN(c3ccc(C#N)c(C(=O)N(C)C)c3)C2)CC1. The monoisotopic (exact) mass is 645 g/mol. The summed E-state index contributed by atoms with van der Waals surface area (Å²) in [5, 5.41) is 12.6. The average molecular weight is 646 g/mol. The largest absolute Gasteiger partial charge is 0.469 e. The molecule has 2 aliphatic heterocycles. The summed E-state index contributed by atoms with van der Waals surface area (Å²) >= 11 is 0. The number of nitriles is 1. The summed E-state index contributed by atoms with van der Waals surface area (Å²) in [6, 6.07) is 14.5. The fourth-order valence-electron chi connectivity index (χ4n) is 8.57. The lowest BCUT2D eigenvalue weighted by Crippen LogP contribution is -2.56. The number of anilines is 1. The molecule has 0 aromatic heterocycles. The molecule has 0 unspecified atom stereocenters. The molecule has 0 bridgehead atoms. The number of methoxy groups -OCH3 is 1. The zero-order valence-corrected chi connectivity index (χ0v) is 28.1. The van der Waals surface area contributed by atoms with Gasteiger partial charge in [0.2, 0.25) is 5.91 Å². The summed E-state index contributed by atoms with van der Waals surface area (Å²) in [6.07, 6.45) is 4.99. The van der Waals surface area contributed by atoms with Crippen molar-refractivity contribution in [2.75, 3.05) is 65.4 Å². The van der Waals surface area contributed by atoms with E-state index in [4.69, 9.17) is 4.74 Å². The highest BCUT2D eigenvalue weighted by molar-refractivity contribution is 5.97. The quantitative estimate of drug-likeness (QED) is 0.356. The number of nitrogens with one attached hydrogen (secondary N) is 1. The number of amides is 2. The topological polar surface area (TPSA) is 106 Å². The van der Waals surface area contributed by atoms with Crippen molar-refractivity contribution in [3.63, 3.8) is 0 Å². The Morgan fingerprint density at radius 3 is 2.47 bits per heavy atom. The molecule has 2 aromatic rings. The minimum Gasteiger partial charge on any atom is -0.469 e. The van der Waals surface area contributed by atoms with Crippen LogP contribution in [-0.4, -0.2) is 88.1 Å². The van der Waals surface area contributed by atoms with Crippen LogP contribution in [0.2, 0.25) is 0 Å². The lowest BCUT2D eigenvalue weighted by atomic mass is 9.57. The molecule has 0 spiro atoms. The molecule has 252 valence electrons. The maximum atomic E-state index is 14.8. The number of esters is 1. The van der Waals surface area contributed by atoms with E-state index in [1.54, 1.807) is 32.3 Å². The normalized spacial score (nSPS) is 21.7. The fraction of sp³-hybridized carbons (Fsp3) is 0.568. The van der Waals surface area contributed by atoms with Gasteiger partial charge in [-0.05, 0) is 92.4 Å². The molecule has 2 heterocycles. The third kappa shape index (κ3) is 7.46. The fourth-order valence-corrected chi connectivity index (χ4v) is 8.57. The van der Waals surface area contributed by atoms with Gasteiger partial charge in [0.1, 0.15) is 5.82 Å². The molecule has 3 fully saturated rings. The smallest absolute Gasteiger partial charge is 0.305 e. The Labute approximate surface area is 278 Å². The van der Waals surface area contributed by atoms with Gasteiger partial charge < -0.3 is 24.8 Å². The Morgan fingerprint density at radius 2 is 1.83 bits per heavy atom. The average Bonchev–Trinajstić information content (AvgIpc) is 3.50. The second-order valence-corrected chi connectivity index (χ2v) is 13.9. The molecule has 0 radical (unpaired) electrons. The number of carbonyl (C=O) groups excluding carboxylic acids is 3. The molecule has 3 atom stereocenters. The molecular weight excluding hydrogens is 597 g/mol. The number of ether oxygens (including phenoxy) is 1. The van der Waals surface area contributed by atoms with Gasteiger partial charge in [0.05, 0.1) is 24.3 Å². The molecule has 9 nitrogen and oxygen atoms in total. The van der Waals surface area contributed by atoms with Gasteiger partial charge in [-0.3, -0.25) is 14.4 Å². The number of likely N-dealkylation sites (tertiary alicyclic amines) is 1. The molecule has 3 aliphatic rings. The third-order valence-electron chi connectivity index (χ3n) is 10.9. The molecule has 2 amide bonds. The van der Waals surface area contributed by atoms with Gasteiger partial charge >= 0.3 is 5.97 Å². The molecule has 10 heteroatoms. The van der Waals surface area contributed by atoms with E-state index in [-0.39, 0.29) is 41.4 Å². The van der Waals surface area contributed by atoms with Gasteiger partial charge in [0.15, 0.2) is 0 Å². The summed E-state index contributed by atoms with van der Waals surface area (Å²) in [4.78, 5) is 43.8. The van der Waals surface area contributed by atoms with Crippen molar-refractivity contribution >= 4 is 23.5 Å². The lowest BCUT2D eigenvalue weighted by Gasteiger charge is -2.51. The van der Waals surface area contributed by atoms with Crippen molar-refractivity contribution in [3.05, 3.63) is 65.0 Å². The van der Waals surface area contributed by atoms with Crippen LogP contribution in [0, 0.1) is 40.8 Å². The van der Waals surface area contributed by atoms with E-state index >= 15 is 0 Å². The zero-order chi connectivity index (χ0) is 33.7. The highest BCUT2D eigenvalue weighted by Crippen LogP contribution is 2.53. The molecule has 1 aliphatic carbocycles. The van der Waals surface area contributed by atoms with Gasteiger partial charge in [-0.2, -0.15) is 5.26 Å². The number of hydrogen-bond acceptors (Lipinski definition) is 7. The first-order chi connectivity index (χ1) is 22.5. The minimum atomic E-state index is -0.500. The first kappa shape index (κ1) is 34.4. The Morgan fingerprint density at radius 1 is 1.09 bits per heavy atom. The van der Waals surface area contributed by atoms with E-state index in [1.807, 2.05) is 18.2 Å². The third-order valence-corrected chi connectivity index (χ3v) is 10.9. The van der Waals surface area contributed by atoms with Crippen LogP contribution in [0.15, 0.2) is 42.5 Å². The van der Waals surface area contributed by atoms with Gasteiger partial charge in [-0.15, -0.1) is 0 Å². The van der Waals surface area contributed by atoms with Crippen molar-refractivity contribution in [2.24, 2.45) is 23.7 Å². The molecular formula is C37H48FN5O4. The lowest BCUT2D eigenvalue weighted by molar-refractivity contribution is -0.142. The van der Waals surface area contributed by atoms with Crippen molar-refractivity contribution in [2.45, 2.75) is 50.9 Å². The summed E-state index contributed by atoms with van der Waals surface area (Å²) in [5.41, 5.74) is 2.18. The predicted octanol–water partition coefficient (Wildman–Crippen LogP) is 4.60. The summed E-state index contributed by atoms with van der Waals surface area (Å²) < 4.78 is 19.9. The number of piperidine rings is 1. The highest BCUT2D eigenvalue weighted by Gasteiger charge is 2.52. The molecule has 1 saturated carbocycles. The van der Waals surface area contributed by atoms with E-state index in [2.05, 4.69) is 21.2 Å². The number of halogens is 1. The molecule has 2 aromatic carbocycles. The summed E-state index contributed by atoms with van der Waals surface area (Å²) in [6.45, 7) is 6.49. The van der Waals surface area contributed by atoms with Gasteiger partial charge in [-0.25, -0.2) is 4.39 Å².